The highest BCUT2D eigenvalue weighted by Crippen LogP contribution is 2.17. The number of carbonyl (C=O) groups is 1. The summed E-state index contributed by atoms with van der Waals surface area (Å²) in [7, 11) is 3.46. The van der Waals surface area contributed by atoms with Gasteiger partial charge in [-0.2, -0.15) is 0 Å². The molecule has 23 heavy (non-hydrogen) atoms. The average Bonchev–Trinajstić information content (AvgIpc) is 2.59. The van der Waals surface area contributed by atoms with Gasteiger partial charge in [-0.1, -0.05) is 60.7 Å². The molecule has 0 heterocycles. The van der Waals surface area contributed by atoms with Crippen LogP contribution in [0.4, 0.5) is 0 Å². The van der Waals surface area contributed by atoms with Crippen LogP contribution in [0.2, 0.25) is 0 Å². The Morgan fingerprint density at radius 1 is 1.09 bits per heavy atom. The van der Waals surface area contributed by atoms with Gasteiger partial charge in [0.25, 0.3) is 0 Å². The van der Waals surface area contributed by atoms with Crippen LogP contribution in [0.25, 0.3) is 0 Å². The molecule has 0 spiro atoms. The minimum absolute atomic E-state index is 0.0549. The largest absolute Gasteiger partial charge is 0.475 e. The first-order chi connectivity index (χ1) is 11.1. The van der Waals surface area contributed by atoms with Crippen molar-refractivity contribution in [3.8, 4) is 0 Å². The molecule has 2 aromatic rings. The second kappa shape index (κ2) is 8.03. The summed E-state index contributed by atoms with van der Waals surface area (Å²) in [5.74, 6) is 0.318. The molecule has 1 N–H and O–H groups in total. The molecule has 0 saturated heterocycles. The van der Waals surface area contributed by atoms with Crippen LogP contribution in [0.1, 0.15) is 17.2 Å². The van der Waals surface area contributed by atoms with Crippen molar-refractivity contribution in [2.75, 3.05) is 14.1 Å². The van der Waals surface area contributed by atoms with Gasteiger partial charge >= 0.3 is 0 Å². The molecular formula is C19H22N2O2. The molecule has 2 aromatic carbocycles. The molecule has 1 amide bonds. The van der Waals surface area contributed by atoms with E-state index in [9.17, 15) is 4.79 Å². The summed E-state index contributed by atoms with van der Waals surface area (Å²) in [4.78, 5) is 14.0. The number of ether oxygens (including phenoxy) is 1. The summed E-state index contributed by atoms with van der Waals surface area (Å²) < 4.78 is 5.63. The van der Waals surface area contributed by atoms with Crippen molar-refractivity contribution in [1.29, 1.82) is 0 Å². The molecule has 0 aliphatic carbocycles. The number of benzene rings is 2. The van der Waals surface area contributed by atoms with E-state index in [0.29, 0.717) is 12.5 Å². The molecule has 0 radical (unpaired) electrons. The predicted molar refractivity (Wildman–Crippen MR) is 91.4 cm³/mol. The molecule has 0 aliphatic rings. The highest BCUT2D eigenvalue weighted by molar-refractivity contribution is 5.83. The summed E-state index contributed by atoms with van der Waals surface area (Å²) in [5, 5.41) is 3.08. The third-order valence-corrected chi connectivity index (χ3v) is 3.38. The smallest absolute Gasteiger partial charge is 0.249 e. The molecule has 2 rings (SSSR count). The van der Waals surface area contributed by atoms with Gasteiger partial charge in [-0.3, -0.25) is 4.79 Å². The zero-order valence-corrected chi connectivity index (χ0v) is 13.5. The van der Waals surface area contributed by atoms with Crippen LogP contribution < -0.4 is 5.32 Å². The maximum Gasteiger partial charge on any atom is 0.249 e. The number of carbonyl (C=O) groups excluding carboxylic acids is 1. The van der Waals surface area contributed by atoms with Crippen LogP contribution in [-0.4, -0.2) is 24.9 Å². The van der Waals surface area contributed by atoms with E-state index < -0.39 is 6.04 Å². The molecular weight excluding hydrogens is 288 g/mol. The van der Waals surface area contributed by atoms with Crippen LogP contribution in [0.15, 0.2) is 73.1 Å². The Kier molecular flexibility index (Phi) is 5.80. The summed E-state index contributed by atoms with van der Waals surface area (Å²) in [6.07, 6.45) is 0. The number of amides is 1. The lowest BCUT2D eigenvalue weighted by Gasteiger charge is -2.24. The Balaban J connectivity index is 2.02. The highest BCUT2D eigenvalue weighted by Gasteiger charge is 2.22. The predicted octanol–water partition coefficient (Wildman–Crippen LogP) is 3.09. The molecule has 0 unspecified atom stereocenters. The van der Waals surface area contributed by atoms with Gasteiger partial charge in [0.05, 0.1) is 0 Å². The van der Waals surface area contributed by atoms with Crippen LogP contribution in [0, 0.1) is 0 Å². The van der Waals surface area contributed by atoms with E-state index in [2.05, 4.69) is 11.9 Å². The van der Waals surface area contributed by atoms with Crippen molar-refractivity contribution in [3.63, 3.8) is 0 Å². The number of hydrogen-bond acceptors (Lipinski definition) is 3. The average molecular weight is 310 g/mol. The fraction of sp³-hybridized carbons (Fsp3) is 0.211. The fourth-order valence-corrected chi connectivity index (χ4v) is 2.14. The summed E-state index contributed by atoms with van der Waals surface area (Å²) in [6.45, 7) is 4.28. The molecule has 0 aromatic heterocycles. The second-order valence-corrected chi connectivity index (χ2v) is 5.42. The minimum Gasteiger partial charge on any atom is -0.475 e. The van der Waals surface area contributed by atoms with Crippen molar-refractivity contribution in [3.05, 3.63) is 84.3 Å². The number of rotatable bonds is 7. The third-order valence-electron chi connectivity index (χ3n) is 3.38. The van der Waals surface area contributed by atoms with Crippen molar-refractivity contribution in [1.82, 2.24) is 10.2 Å². The Labute approximate surface area is 137 Å². The van der Waals surface area contributed by atoms with Gasteiger partial charge in [0.15, 0.2) is 5.88 Å². The van der Waals surface area contributed by atoms with Crippen LogP contribution >= 0.6 is 0 Å². The van der Waals surface area contributed by atoms with Gasteiger partial charge in [0.1, 0.15) is 12.6 Å². The lowest BCUT2D eigenvalue weighted by Crippen LogP contribution is -2.36. The molecule has 4 heteroatoms. The number of hydrogen-bond donors (Lipinski definition) is 1. The molecule has 0 fully saturated rings. The fourth-order valence-electron chi connectivity index (χ4n) is 2.14. The van der Waals surface area contributed by atoms with E-state index >= 15 is 0 Å². The van der Waals surface area contributed by atoms with Crippen LogP contribution in [0.3, 0.4) is 0 Å². The van der Waals surface area contributed by atoms with Crippen molar-refractivity contribution in [2.24, 2.45) is 0 Å². The van der Waals surface area contributed by atoms with Crippen molar-refractivity contribution >= 4 is 5.91 Å². The van der Waals surface area contributed by atoms with Crippen molar-refractivity contribution in [2.45, 2.75) is 12.6 Å². The van der Waals surface area contributed by atoms with Crippen LogP contribution in [-0.2, 0) is 16.1 Å². The van der Waals surface area contributed by atoms with Gasteiger partial charge < -0.3 is 15.0 Å². The number of likely N-dealkylation sites (N-methyl/N-ethyl adjacent to an activating group) is 1. The lowest BCUT2D eigenvalue weighted by molar-refractivity contribution is -0.131. The minimum atomic E-state index is -0.519. The Morgan fingerprint density at radius 2 is 1.65 bits per heavy atom. The molecule has 0 bridgehead atoms. The summed E-state index contributed by atoms with van der Waals surface area (Å²) in [6, 6.07) is 18.8. The highest BCUT2D eigenvalue weighted by atomic mass is 16.5. The lowest BCUT2D eigenvalue weighted by atomic mass is 10.1. The van der Waals surface area contributed by atoms with E-state index in [1.807, 2.05) is 60.7 Å². The maximum absolute atomic E-state index is 12.4. The molecule has 4 nitrogen and oxygen atoms in total. The van der Waals surface area contributed by atoms with E-state index in [1.54, 1.807) is 19.0 Å². The topological polar surface area (TPSA) is 41.6 Å². The third kappa shape index (κ3) is 4.88. The monoisotopic (exact) mass is 310 g/mol. The Hall–Kier alpha value is -2.75. The van der Waals surface area contributed by atoms with E-state index in [-0.39, 0.29) is 5.91 Å². The zero-order valence-electron chi connectivity index (χ0n) is 13.5. The normalized spacial score (nSPS) is 11.4. The van der Waals surface area contributed by atoms with E-state index in [4.69, 9.17) is 4.74 Å². The zero-order chi connectivity index (χ0) is 16.7. The van der Waals surface area contributed by atoms with Crippen LogP contribution in [0.5, 0.6) is 0 Å². The Bertz CT molecular complexity index is 639. The van der Waals surface area contributed by atoms with Gasteiger partial charge in [0.2, 0.25) is 5.91 Å². The maximum atomic E-state index is 12.4. The Morgan fingerprint density at radius 3 is 2.22 bits per heavy atom. The molecule has 120 valence electrons. The van der Waals surface area contributed by atoms with E-state index in [0.717, 1.165) is 11.1 Å². The SMILES string of the molecule is C=C(N[C@H](C(=O)N(C)C)c1ccccc1)OCc1ccccc1. The number of nitrogens with one attached hydrogen (secondary N) is 1. The second-order valence-electron chi connectivity index (χ2n) is 5.42. The number of nitrogens with zero attached hydrogens (tertiary/aromatic N) is 1. The molecule has 0 saturated carbocycles. The quantitative estimate of drug-likeness (QED) is 0.799. The van der Waals surface area contributed by atoms with Gasteiger partial charge in [-0.25, -0.2) is 0 Å². The summed E-state index contributed by atoms with van der Waals surface area (Å²) >= 11 is 0. The van der Waals surface area contributed by atoms with E-state index in [1.165, 1.54) is 0 Å². The van der Waals surface area contributed by atoms with Gasteiger partial charge in [-0.15, -0.1) is 0 Å². The molecule has 0 aliphatic heterocycles. The van der Waals surface area contributed by atoms with Crippen molar-refractivity contribution < 1.29 is 9.53 Å². The molecule has 1 atom stereocenters. The first-order valence-corrected chi connectivity index (χ1v) is 7.46. The van der Waals surface area contributed by atoms with Gasteiger partial charge in [-0.05, 0) is 17.7 Å². The van der Waals surface area contributed by atoms with Gasteiger partial charge in [0, 0.05) is 14.1 Å². The first kappa shape index (κ1) is 16.6. The first-order valence-electron chi connectivity index (χ1n) is 7.46. The summed E-state index contributed by atoms with van der Waals surface area (Å²) in [5.41, 5.74) is 1.92. The standard InChI is InChI=1S/C19H22N2O2/c1-15(23-14-16-10-6-4-7-11-16)20-18(19(22)21(2)3)17-12-8-5-9-13-17/h4-13,18,20H,1,14H2,2-3H3/t18-/m0/s1.